The predicted molar refractivity (Wildman–Crippen MR) is 73.3 cm³/mol. The van der Waals surface area contributed by atoms with Crippen LogP contribution in [0.2, 0.25) is 0 Å². The molecule has 18 heavy (non-hydrogen) atoms. The molecule has 2 N–H and O–H groups in total. The maximum absolute atomic E-state index is 12.4. The molecule has 104 valence electrons. The second kappa shape index (κ2) is 6.06. The molecule has 0 bridgehead atoms. The summed E-state index contributed by atoms with van der Waals surface area (Å²) in [7, 11) is 0. The van der Waals surface area contributed by atoms with E-state index in [0.29, 0.717) is 37.8 Å². The van der Waals surface area contributed by atoms with E-state index < -0.39 is 5.60 Å². The van der Waals surface area contributed by atoms with E-state index in [0.717, 1.165) is 6.42 Å². The number of hydrogen-bond acceptors (Lipinski definition) is 5. The Morgan fingerprint density at radius 1 is 1.56 bits per heavy atom. The Morgan fingerprint density at radius 2 is 2.22 bits per heavy atom. The van der Waals surface area contributed by atoms with Crippen molar-refractivity contribution < 1.29 is 18.8 Å². The van der Waals surface area contributed by atoms with Gasteiger partial charge in [-0.25, -0.2) is 0 Å². The van der Waals surface area contributed by atoms with Crippen molar-refractivity contribution >= 4 is 23.3 Å². The number of ether oxygens (including phenoxy) is 2. The van der Waals surface area contributed by atoms with Crippen LogP contribution >= 0.6 is 12.2 Å². The zero-order valence-corrected chi connectivity index (χ0v) is 12.2. The fourth-order valence-corrected chi connectivity index (χ4v) is 2.20. The maximum atomic E-state index is 12.4. The third-order valence-electron chi connectivity index (χ3n) is 2.81. The minimum absolute atomic E-state index is 0.0732. The quantitative estimate of drug-likeness (QED) is 0.624. The molecular formula is C12H23N2O3S+. The Balaban J connectivity index is 2.89. The van der Waals surface area contributed by atoms with Crippen molar-refractivity contribution in [2.45, 2.75) is 32.8 Å². The third-order valence-corrected chi connectivity index (χ3v) is 3.27. The maximum Gasteiger partial charge on any atom is 0.522 e. The van der Waals surface area contributed by atoms with Crippen molar-refractivity contribution in [2.24, 2.45) is 5.73 Å². The van der Waals surface area contributed by atoms with E-state index in [1.54, 1.807) is 0 Å². The fourth-order valence-electron chi connectivity index (χ4n) is 1.86. The Hall–Kier alpha value is -0.560. The largest absolute Gasteiger partial charge is 0.522 e. The Morgan fingerprint density at radius 3 is 2.72 bits per heavy atom. The topological polar surface area (TPSA) is 61.5 Å². The van der Waals surface area contributed by atoms with Crippen LogP contribution in [-0.2, 0) is 9.47 Å². The number of hydrogen-bond donors (Lipinski definition) is 1. The molecule has 1 aliphatic heterocycles. The molecule has 1 heterocycles. The summed E-state index contributed by atoms with van der Waals surface area (Å²) in [5.41, 5.74) is 5.03. The van der Waals surface area contributed by atoms with Crippen molar-refractivity contribution in [3.8, 4) is 0 Å². The molecule has 0 aromatic carbocycles. The van der Waals surface area contributed by atoms with E-state index in [9.17, 15) is 4.79 Å². The highest BCUT2D eigenvalue weighted by molar-refractivity contribution is 7.80. The van der Waals surface area contributed by atoms with Crippen LogP contribution in [0.15, 0.2) is 0 Å². The van der Waals surface area contributed by atoms with Gasteiger partial charge in [0.1, 0.15) is 18.8 Å². The van der Waals surface area contributed by atoms with Crippen molar-refractivity contribution in [3.63, 3.8) is 0 Å². The van der Waals surface area contributed by atoms with E-state index in [4.69, 9.17) is 27.4 Å². The SMILES string of the molecule is CC(C)(C)OC(=O)[N+]1(CCCN)CCOCC1=S. The van der Waals surface area contributed by atoms with Gasteiger partial charge in [0.05, 0.1) is 13.2 Å². The number of nitrogens with two attached hydrogens (primary N) is 1. The minimum Gasteiger partial charge on any atom is -0.414 e. The Bertz CT molecular complexity index is 328. The fraction of sp³-hybridized carbons (Fsp3) is 0.833. The lowest BCUT2D eigenvalue weighted by molar-refractivity contribution is -0.774. The van der Waals surface area contributed by atoms with Crippen LogP contribution in [0, 0.1) is 0 Å². The number of morpholine rings is 1. The lowest BCUT2D eigenvalue weighted by atomic mass is 10.2. The highest BCUT2D eigenvalue weighted by atomic mass is 32.1. The predicted octanol–water partition coefficient (Wildman–Crippen LogP) is 1.44. The van der Waals surface area contributed by atoms with Crippen molar-refractivity contribution in [1.82, 2.24) is 0 Å². The molecule has 1 amide bonds. The first-order valence-corrected chi connectivity index (χ1v) is 6.64. The Labute approximate surface area is 114 Å². The second-order valence-corrected chi connectivity index (χ2v) is 5.96. The van der Waals surface area contributed by atoms with Gasteiger partial charge in [-0.1, -0.05) is 0 Å². The molecule has 0 aliphatic carbocycles. The van der Waals surface area contributed by atoms with Gasteiger partial charge >= 0.3 is 6.09 Å². The highest BCUT2D eigenvalue weighted by Gasteiger charge is 2.46. The summed E-state index contributed by atoms with van der Waals surface area (Å²) in [6.45, 7) is 8.08. The van der Waals surface area contributed by atoms with Gasteiger partial charge < -0.3 is 15.2 Å². The molecule has 6 heteroatoms. The molecule has 1 rings (SSSR count). The van der Waals surface area contributed by atoms with E-state index in [2.05, 4.69) is 0 Å². The summed E-state index contributed by atoms with van der Waals surface area (Å²) in [6, 6.07) is 0. The van der Waals surface area contributed by atoms with Gasteiger partial charge in [0.15, 0.2) is 0 Å². The molecule has 1 aliphatic rings. The molecule has 0 radical (unpaired) electrons. The lowest BCUT2D eigenvalue weighted by Crippen LogP contribution is -2.63. The van der Waals surface area contributed by atoms with Crippen LogP contribution in [0.5, 0.6) is 0 Å². The molecule has 0 aromatic rings. The molecular weight excluding hydrogens is 252 g/mol. The van der Waals surface area contributed by atoms with Crippen molar-refractivity contribution in [3.05, 3.63) is 0 Å². The summed E-state index contributed by atoms with van der Waals surface area (Å²) in [4.78, 5) is 13.0. The number of carbonyl (C=O) groups excluding carboxylic acids is 1. The van der Waals surface area contributed by atoms with Crippen LogP contribution in [0.4, 0.5) is 4.79 Å². The average molecular weight is 275 g/mol. The molecule has 0 saturated carbocycles. The first-order valence-electron chi connectivity index (χ1n) is 6.24. The zero-order valence-electron chi connectivity index (χ0n) is 11.4. The van der Waals surface area contributed by atoms with Crippen LogP contribution in [-0.4, -0.2) is 54.0 Å². The minimum atomic E-state index is -0.515. The monoisotopic (exact) mass is 275 g/mol. The van der Waals surface area contributed by atoms with Gasteiger partial charge in [-0.2, -0.15) is 9.28 Å². The second-order valence-electron chi connectivity index (χ2n) is 5.48. The lowest BCUT2D eigenvalue weighted by Gasteiger charge is -2.38. The summed E-state index contributed by atoms with van der Waals surface area (Å²) in [5, 5.41) is 0. The highest BCUT2D eigenvalue weighted by Crippen LogP contribution is 2.21. The first-order chi connectivity index (χ1) is 8.32. The third kappa shape index (κ3) is 3.71. The van der Waals surface area contributed by atoms with Crippen molar-refractivity contribution in [2.75, 3.05) is 32.8 Å². The van der Waals surface area contributed by atoms with Crippen LogP contribution in [0.1, 0.15) is 27.2 Å². The van der Waals surface area contributed by atoms with Gasteiger partial charge in [0, 0.05) is 6.42 Å². The molecule has 0 spiro atoms. The Kier molecular flexibility index (Phi) is 5.21. The molecule has 0 aromatic heterocycles. The normalized spacial score (nSPS) is 25.0. The number of nitrogens with zero attached hydrogens (tertiary/aromatic N) is 1. The zero-order chi connectivity index (χ0) is 13.8. The van der Waals surface area contributed by atoms with E-state index in [-0.39, 0.29) is 10.6 Å². The standard InChI is InChI=1S/C12H23N2O3S/c1-12(2,3)17-11(15)14(6-4-5-13)7-8-16-9-10(14)18/h4-9,13H2,1-3H3/q+1. The molecule has 5 nitrogen and oxygen atoms in total. The van der Waals surface area contributed by atoms with Crippen LogP contribution < -0.4 is 5.73 Å². The van der Waals surface area contributed by atoms with Crippen molar-refractivity contribution in [1.29, 1.82) is 0 Å². The molecule has 1 saturated heterocycles. The summed E-state index contributed by atoms with van der Waals surface area (Å²) in [5.74, 6) is 0. The van der Waals surface area contributed by atoms with Gasteiger partial charge in [0.25, 0.3) is 0 Å². The number of quaternary nitrogens is 1. The van der Waals surface area contributed by atoms with Gasteiger partial charge in [-0.05, 0) is 39.5 Å². The van der Waals surface area contributed by atoms with Crippen LogP contribution in [0.25, 0.3) is 0 Å². The summed E-state index contributed by atoms with van der Waals surface area (Å²) in [6.07, 6.45) is 0.448. The van der Waals surface area contributed by atoms with Crippen LogP contribution in [0.3, 0.4) is 0 Å². The van der Waals surface area contributed by atoms with Gasteiger partial charge in [-0.15, -0.1) is 0 Å². The summed E-state index contributed by atoms with van der Waals surface area (Å²) >= 11 is 5.32. The molecule has 1 atom stereocenters. The average Bonchev–Trinajstić information content (AvgIpc) is 2.26. The van der Waals surface area contributed by atoms with E-state index in [1.807, 2.05) is 20.8 Å². The van der Waals surface area contributed by atoms with Gasteiger partial charge in [0.2, 0.25) is 4.99 Å². The summed E-state index contributed by atoms with van der Waals surface area (Å²) < 4.78 is 10.9. The van der Waals surface area contributed by atoms with E-state index in [1.165, 1.54) is 0 Å². The number of carbonyl (C=O) groups is 1. The molecule has 1 fully saturated rings. The van der Waals surface area contributed by atoms with Gasteiger partial charge in [-0.3, -0.25) is 0 Å². The van der Waals surface area contributed by atoms with E-state index >= 15 is 0 Å². The molecule has 1 unspecified atom stereocenters. The number of amides is 1. The first kappa shape index (κ1) is 15.5. The smallest absolute Gasteiger partial charge is 0.414 e. The number of thiocarbonyl (C=S) groups is 1. The number of rotatable bonds is 3.